The summed E-state index contributed by atoms with van der Waals surface area (Å²) in [5.74, 6) is 0.932. The lowest BCUT2D eigenvalue weighted by molar-refractivity contribution is 0.204. The van der Waals surface area contributed by atoms with E-state index in [1.165, 1.54) is 0 Å². The summed E-state index contributed by atoms with van der Waals surface area (Å²) >= 11 is 0. The Morgan fingerprint density at radius 3 is 2.44 bits per heavy atom. The number of hydrogen-bond donors (Lipinski definition) is 2. The molecule has 0 saturated carbocycles. The molecule has 1 rings (SSSR count). The van der Waals surface area contributed by atoms with Crippen molar-refractivity contribution in [1.82, 2.24) is 15.5 Å². The molecule has 104 valence electrons. The van der Waals surface area contributed by atoms with Crippen LogP contribution >= 0.6 is 0 Å². The van der Waals surface area contributed by atoms with Crippen LogP contribution in [-0.4, -0.2) is 49.6 Å². The second-order valence-corrected chi connectivity index (χ2v) is 5.69. The number of aliphatic imine (C=N–C) groups is 1. The zero-order chi connectivity index (χ0) is 13.6. The smallest absolute Gasteiger partial charge is 0.191 e. The molecule has 0 fully saturated rings. The fraction of sp³-hybridized carbons (Fsp3) is 0.786. The second-order valence-electron chi connectivity index (χ2n) is 5.69. The molecule has 2 N–H and O–H groups in total. The van der Waals surface area contributed by atoms with E-state index < -0.39 is 0 Å². The predicted octanol–water partition coefficient (Wildman–Crippen LogP) is 1.60. The van der Waals surface area contributed by atoms with Gasteiger partial charge in [-0.2, -0.15) is 0 Å². The number of nitrogens with zero attached hydrogens (tertiary/aromatic N) is 2. The van der Waals surface area contributed by atoms with E-state index in [0.29, 0.717) is 6.04 Å². The molecule has 4 nitrogen and oxygen atoms in total. The fourth-order valence-electron chi connectivity index (χ4n) is 1.66. The highest BCUT2D eigenvalue weighted by Crippen LogP contribution is 2.11. The SMILES string of the molecule is CCNC(=NCC(C)(C)N(C)C)NC1CC=CC1. The van der Waals surface area contributed by atoms with E-state index in [4.69, 9.17) is 4.99 Å². The first-order valence-electron chi connectivity index (χ1n) is 6.83. The first-order chi connectivity index (χ1) is 8.45. The number of nitrogens with one attached hydrogen (secondary N) is 2. The Hall–Kier alpha value is -1.03. The third-order valence-corrected chi connectivity index (χ3v) is 3.53. The summed E-state index contributed by atoms with van der Waals surface area (Å²) in [4.78, 5) is 6.90. The van der Waals surface area contributed by atoms with Crippen molar-refractivity contribution in [1.29, 1.82) is 0 Å². The maximum atomic E-state index is 4.69. The summed E-state index contributed by atoms with van der Waals surface area (Å²) in [5.41, 5.74) is 0.0796. The molecule has 4 heteroatoms. The molecule has 0 aromatic rings. The van der Waals surface area contributed by atoms with Crippen LogP contribution in [-0.2, 0) is 0 Å². The molecule has 0 radical (unpaired) electrons. The number of rotatable bonds is 5. The highest BCUT2D eigenvalue weighted by Gasteiger charge is 2.20. The third kappa shape index (κ3) is 4.69. The fourth-order valence-corrected chi connectivity index (χ4v) is 1.66. The summed E-state index contributed by atoms with van der Waals surface area (Å²) in [6.07, 6.45) is 6.65. The molecule has 0 bridgehead atoms. The van der Waals surface area contributed by atoms with Gasteiger partial charge < -0.3 is 15.5 Å². The Labute approximate surface area is 112 Å². The van der Waals surface area contributed by atoms with Crippen LogP contribution in [0.25, 0.3) is 0 Å². The van der Waals surface area contributed by atoms with Crippen LogP contribution in [0.1, 0.15) is 33.6 Å². The molecule has 0 atom stereocenters. The van der Waals surface area contributed by atoms with Gasteiger partial charge in [-0.1, -0.05) is 12.2 Å². The molecule has 0 amide bonds. The van der Waals surface area contributed by atoms with E-state index in [1.807, 2.05) is 0 Å². The largest absolute Gasteiger partial charge is 0.357 e. The van der Waals surface area contributed by atoms with Crippen LogP contribution < -0.4 is 10.6 Å². The predicted molar refractivity (Wildman–Crippen MR) is 79.0 cm³/mol. The maximum Gasteiger partial charge on any atom is 0.191 e. The first-order valence-corrected chi connectivity index (χ1v) is 6.83. The van der Waals surface area contributed by atoms with Crippen molar-refractivity contribution in [2.75, 3.05) is 27.2 Å². The molecule has 0 aromatic carbocycles. The summed E-state index contributed by atoms with van der Waals surface area (Å²) in [6, 6.07) is 0.505. The summed E-state index contributed by atoms with van der Waals surface area (Å²) in [6.45, 7) is 8.19. The molecular weight excluding hydrogens is 224 g/mol. The van der Waals surface area contributed by atoms with Crippen LogP contribution in [0.5, 0.6) is 0 Å². The zero-order valence-corrected chi connectivity index (χ0v) is 12.5. The Balaban J connectivity index is 2.54. The maximum absolute atomic E-state index is 4.69. The Kier molecular flexibility index (Phi) is 5.66. The Bertz CT molecular complexity index is 297. The minimum atomic E-state index is 0.0796. The van der Waals surface area contributed by atoms with Crippen LogP contribution in [0.2, 0.25) is 0 Å². The van der Waals surface area contributed by atoms with Gasteiger partial charge in [-0.15, -0.1) is 0 Å². The normalized spacial score (nSPS) is 17.6. The molecule has 0 unspecified atom stereocenters. The van der Waals surface area contributed by atoms with E-state index in [1.54, 1.807) is 0 Å². The number of guanidine groups is 1. The van der Waals surface area contributed by atoms with E-state index >= 15 is 0 Å². The monoisotopic (exact) mass is 252 g/mol. The van der Waals surface area contributed by atoms with E-state index in [9.17, 15) is 0 Å². The standard InChI is InChI=1S/C14H28N4/c1-6-15-13(17-12-9-7-8-10-12)16-11-14(2,3)18(4)5/h7-8,12H,6,9-11H2,1-5H3,(H2,15,16,17). The lowest BCUT2D eigenvalue weighted by Crippen LogP contribution is -2.45. The Morgan fingerprint density at radius 1 is 1.33 bits per heavy atom. The van der Waals surface area contributed by atoms with Crippen LogP contribution in [0.4, 0.5) is 0 Å². The van der Waals surface area contributed by atoms with Crippen molar-refractivity contribution in [3.63, 3.8) is 0 Å². The van der Waals surface area contributed by atoms with Crippen molar-refractivity contribution in [2.45, 2.75) is 45.2 Å². The van der Waals surface area contributed by atoms with E-state index in [-0.39, 0.29) is 5.54 Å². The van der Waals surface area contributed by atoms with E-state index in [0.717, 1.165) is 31.9 Å². The van der Waals surface area contributed by atoms with Gasteiger partial charge in [0.2, 0.25) is 0 Å². The molecule has 0 heterocycles. The number of hydrogen-bond acceptors (Lipinski definition) is 2. The highest BCUT2D eigenvalue weighted by molar-refractivity contribution is 5.80. The summed E-state index contributed by atoms with van der Waals surface area (Å²) in [5, 5.41) is 6.80. The molecule has 1 aliphatic carbocycles. The average molecular weight is 252 g/mol. The van der Waals surface area contributed by atoms with Gasteiger partial charge in [0.05, 0.1) is 6.54 Å². The first kappa shape index (κ1) is 15.0. The van der Waals surface area contributed by atoms with Gasteiger partial charge in [0.1, 0.15) is 0 Å². The minimum Gasteiger partial charge on any atom is -0.357 e. The second kappa shape index (κ2) is 6.78. The van der Waals surface area contributed by atoms with Crippen molar-refractivity contribution in [3.05, 3.63) is 12.2 Å². The lowest BCUT2D eigenvalue weighted by atomic mass is 10.1. The lowest BCUT2D eigenvalue weighted by Gasteiger charge is -2.31. The quantitative estimate of drug-likeness (QED) is 0.443. The van der Waals surface area contributed by atoms with Gasteiger partial charge in [0, 0.05) is 18.1 Å². The molecule has 18 heavy (non-hydrogen) atoms. The molecular formula is C14H28N4. The number of likely N-dealkylation sites (N-methyl/N-ethyl adjacent to an activating group) is 1. The summed E-state index contributed by atoms with van der Waals surface area (Å²) in [7, 11) is 4.19. The van der Waals surface area contributed by atoms with Crippen molar-refractivity contribution in [3.8, 4) is 0 Å². The van der Waals surface area contributed by atoms with Gasteiger partial charge in [-0.05, 0) is 47.7 Å². The summed E-state index contributed by atoms with van der Waals surface area (Å²) < 4.78 is 0. The molecule has 0 spiro atoms. The van der Waals surface area contributed by atoms with Gasteiger partial charge in [0.25, 0.3) is 0 Å². The van der Waals surface area contributed by atoms with Crippen molar-refractivity contribution < 1.29 is 0 Å². The van der Waals surface area contributed by atoms with Gasteiger partial charge in [-0.3, -0.25) is 4.99 Å². The van der Waals surface area contributed by atoms with Crippen molar-refractivity contribution >= 4 is 5.96 Å². The third-order valence-electron chi connectivity index (χ3n) is 3.53. The molecule has 1 aliphatic rings. The average Bonchev–Trinajstić information content (AvgIpc) is 2.79. The van der Waals surface area contributed by atoms with E-state index in [2.05, 4.69) is 62.6 Å². The van der Waals surface area contributed by atoms with Crippen LogP contribution in [0.15, 0.2) is 17.1 Å². The zero-order valence-electron chi connectivity index (χ0n) is 12.5. The van der Waals surface area contributed by atoms with Gasteiger partial charge in [0.15, 0.2) is 5.96 Å². The van der Waals surface area contributed by atoms with Gasteiger partial charge in [-0.25, -0.2) is 0 Å². The highest BCUT2D eigenvalue weighted by atomic mass is 15.2. The molecule has 0 saturated heterocycles. The Morgan fingerprint density at radius 2 is 1.94 bits per heavy atom. The van der Waals surface area contributed by atoms with Gasteiger partial charge >= 0.3 is 0 Å². The topological polar surface area (TPSA) is 39.7 Å². The van der Waals surface area contributed by atoms with Crippen LogP contribution in [0, 0.1) is 0 Å². The minimum absolute atomic E-state index is 0.0796. The van der Waals surface area contributed by atoms with Crippen molar-refractivity contribution in [2.24, 2.45) is 4.99 Å². The van der Waals surface area contributed by atoms with Crippen LogP contribution in [0.3, 0.4) is 0 Å². The molecule has 0 aromatic heterocycles. The molecule has 0 aliphatic heterocycles.